The third kappa shape index (κ3) is 2.76. The summed E-state index contributed by atoms with van der Waals surface area (Å²) in [6.45, 7) is 4.76. The molecular formula is C35H28N2. The molecule has 6 aromatic rings. The Labute approximate surface area is 216 Å². The molecule has 0 N–H and O–H groups in total. The average Bonchev–Trinajstić information content (AvgIpc) is 3.58. The van der Waals surface area contributed by atoms with Gasteiger partial charge >= 0.3 is 0 Å². The fourth-order valence-electron chi connectivity index (χ4n) is 6.87. The molecule has 2 nitrogen and oxygen atoms in total. The van der Waals surface area contributed by atoms with Gasteiger partial charge in [-0.2, -0.15) is 0 Å². The molecule has 0 saturated carbocycles. The van der Waals surface area contributed by atoms with E-state index in [4.69, 9.17) is 0 Å². The number of rotatable bonds is 2. The zero-order valence-corrected chi connectivity index (χ0v) is 21.2. The van der Waals surface area contributed by atoms with Crippen LogP contribution in [-0.2, 0) is 5.41 Å². The summed E-state index contributed by atoms with van der Waals surface area (Å²) in [5.41, 5.74) is 12.1. The third-order valence-electron chi connectivity index (χ3n) is 8.62. The summed E-state index contributed by atoms with van der Waals surface area (Å²) in [5, 5.41) is 3.83. The first kappa shape index (κ1) is 20.8. The molecule has 0 saturated heterocycles. The number of hydrogen-bond donors (Lipinski definition) is 0. The first-order chi connectivity index (χ1) is 18.1. The van der Waals surface area contributed by atoms with E-state index in [9.17, 15) is 0 Å². The van der Waals surface area contributed by atoms with Crippen LogP contribution >= 0.6 is 0 Å². The number of aromatic nitrogens is 2. The van der Waals surface area contributed by atoms with Gasteiger partial charge in [-0.05, 0) is 71.5 Å². The summed E-state index contributed by atoms with van der Waals surface area (Å²) in [6, 6.07) is 33.5. The molecule has 178 valence electrons. The van der Waals surface area contributed by atoms with Crippen LogP contribution in [0.5, 0.6) is 0 Å². The molecule has 0 radical (unpaired) electrons. The van der Waals surface area contributed by atoms with Crippen molar-refractivity contribution in [1.29, 1.82) is 0 Å². The lowest BCUT2D eigenvalue weighted by atomic mass is 9.80. The van der Waals surface area contributed by atoms with Crippen molar-refractivity contribution >= 4 is 38.3 Å². The SMILES string of the molecule is CC1(C)C2=C(CCC=C2)c2ccc(-n3ccc4ccc5c6ccccc6n(-c6ccccc6)c5c43)cc21. The van der Waals surface area contributed by atoms with Crippen LogP contribution in [-0.4, -0.2) is 9.13 Å². The summed E-state index contributed by atoms with van der Waals surface area (Å²) < 4.78 is 4.84. The van der Waals surface area contributed by atoms with Gasteiger partial charge in [0.25, 0.3) is 0 Å². The normalized spacial score (nSPS) is 16.2. The number of para-hydroxylation sites is 2. The maximum Gasteiger partial charge on any atom is 0.0788 e. The van der Waals surface area contributed by atoms with Gasteiger partial charge in [0.1, 0.15) is 0 Å². The van der Waals surface area contributed by atoms with Gasteiger partial charge in [-0.25, -0.2) is 0 Å². The Morgan fingerprint density at radius 1 is 0.730 bits per heavy atom. The number of fused-ring (bicyclic) bond motifs is 7. The highest BCUT2D eigenvalue weighted by Crippen LogP contribution is 2.50. The molecule has 37 heavy (non-hydrogen) atoms. The minimum Gasteiger partial charge on any atom is -0.315 e. The second kappa shape index (κ2) is 7.36. The van der Waals surface area contributed by atoms with Crippen LogP contribution in [0.25, 0.3) is 49.7 Å². The molecule has 2 aromatic heterocycles. The number of allylic oxidation sites excluding steroid dienone is 4. The first-order valence-electron chi connectivity index (χ1n) is 13.3. The molecule has 2 aliphatic carbocycles. The standard InChI is InChI=1S/C35H28N2/c1-35(2)30-14-8-6-12-26(30)27-19-17-25(22-31(27)35)36-21-20-23-16-18-29-28-13-7-9-15-32(28)37(34(29)33(23)36)24-10-4-3-5-11-24/h3-5,7-11,13-22H,6,12H2,1-2H3. The topological polar surface area (TPSA) is 9.86 Å². The van der Waals surface area contributed by atoms with Gasteiger partial charge in [0.05, 0.1) is 16.6 Å². The summed E-state index contributed by atoms with van der Waals surface area (Å²) >= 11 is 0. The Bertz CT molecular complexity index is 1940. The van der Waals surface area contributed by atoms with Crippen LogP contribution in [0, 0.1) is 0 Å². The second-order valence-corrected chi connectivity index (χ2v) is 11.0. The van der Waals surface area contributed by atoms with Crippen molar-refractivity contribution in [2.45, 2.75) is 32.1 Å². The zero-order chi connectivity index (χ0) is 24.7. The minimum absolute atomic E-state index is 0.0226. The molecule has 0 fully saturated rings. The fourth-order valence-corrected chi connectivity index (χ4v) is 6.87. The average molecular weight is 477 g/mol. The lowest BCUT2D eigenvalue weighted by Gasteiger charge is -2.24. The molecule has 2 heteroatoms. The van der Waals surface area contributed by atoms with Gasteiger partial charge in [0.2, 0.25) is 0 Å². The lowest BCUT2D eigenvalue weighted by Crippen LogP contribution is -2.17. The molecule has 8 rings (SSSR count). The summed E-state index contributed by atoms with van der Waals surface area (Å²) in [6.07, 6.45) is 9.23. The van der Waals surface area contributed by atoms with Crippen LogP contribution in [0.1, 0.15) is 37.8 Å². The lowest BCUT2D eigenvalue weighted by molar-refractivity contribution is 0.650. The Morgan fingerprint density at radius 3 is 2.46 bits per heavy atom. The molecule has 2 aliphatic rings. The van der Waals surface area contributed by atoms with Gasteiger partial charge in [-0.3, -0.25) is 0 Å². The van der Waals surface area contributed by atoms with Crippen molar-refractivity contribution in [2.75, 3.05) is 0 Å². The van der Waals surface area contributed by atoms with Crippen molar-refractivity contribution in [3.63, 3.8) is 0 Å². The highest BCUT2D eigenvalue weighted by Gasteiger charge is 2.37. The zero-order valence-electron chi connectivity index (χ0n) is 21.2. The fraction of sp³-hybridized carbons (Fsp3) is 0.143. The van der Waals surface area contributed by atoms with Gasteiger partial charge in [0, 0.05) is 39.1 Å². The van der Waals surface area contributed by atoms with E-state index in [1.807, 2.05) is 0 Å². The largest absolute Gasteiger partial charge is 0.315 e. The van der Waals surface area contributed by atoms with Gasteiger partial charge in [0.15, 0.2) is 0 Å². The van der Waals surface area contributed by atoms with Crippen molar-refractivity contribution in [3.05, 3.63) is 126 Å². The number of benzene rings is 4. The van der Waals surface area contributed by atoms with E-state index in [2.05, 4.69) is 132 Å². The molecule has 0 amide bonds. The van der Waals surface area contributed by atoms with Crippen LogP contribution in [0.3, 0.4) is 0 Å². The van der Waals surface area contributed by atoms with E-state index in [0.29, 0.717) is 0 Å². The van der Waals surface area contributed by atoms with Crippen molar-refractivity contribution in [2.24, 2.45) is 0 Å². The number of nitrogens with zero attached hydrogens (tertiary/aromatic N) is 2. The third-order valence-corrected chi connectivity index (χ3v) is 8.62. The predicted octanol–water partition coefficient (Wildman–Crippen LogP) is 9.12. The van der Waals surface area contributed by atoms with E-state index in [1.54, 1.807) is 0 Å². The molecule has 0 bridgehead atoms. The highest BCUT2D eigenvalue weighted by molar-refractivity contribution is 6.18. The van der Waals surface area contributed by atoms with E-state index in [1.165, 1.54) is 66.4 Å². The van der Waals surface area contributed by atoms with Crippen LogP contribution in [0.2, 0.25) is 0 Å². The Kier molecular flexibility index (Phi) is 4.15. The van der Waals surface area contributed by atoms with Gasteiger partial charge in [-0.15, -0.1) is 0 Å². The Hall–Kier alpha value is -4.30. The van der Waals surface area contributed by atoms with Gasteiger partial charge in [-0.1, -0.05) is 80.6 Å². The first-order valence-corrected chi connectivity index (χ1v) is 13.3. The highest BCUT2D eigenvalue weighted by atomic mass is 15.0. The van der Waals surface area contributed by atoms with Crippen LogP contribution in [0.15, 0.2) is 115 Å². The summed E-state index contributed by atoms with van der Waals surface area (Å²) in [7, 11) is 0. The van der Waals surface area contributed by atoms with Crippen molar-refractivity contribution in [3.8, 4) is 11.4 Å². The maximum atomic E-state index is 2.44. The van der Waals surface area contributed by atoms with Crippen molar-refractivity contribution in [1.82, 2.24) is 9.13 Å². The van der Waals surface area contributed by atoms with E-state index >= 15 is 0 Å². The maximum absolute atomic E-state index is 2.44. The molecule has 0 spiro atoms. The molecule has 0 aliphatic heterocycles. The van der Waals surface area contributed by atoms with E-state index in [-0.39, 0.29) is 5.41 Å². The summed E-state index contributed by atoms with van der Waals surface area (Å²) in [5.74, 6) is 0. The van der Waals surface area contributed by atoms with Crippen LogP contribution < -0.4 is 0 Å². The molecule has 4 aromatic carbocycles. The number of hydrogen-bond acceptors (Lipinski definition) is 0. The molecule has 0 atom stereocenters. The molecule has 0 unspecified atom stereocenters. The van der Waals surface area contributed by atoms with Gasteiger partial charge < -0.3 is 9.13 Å². The Morgan fingerprint density at radius 2 is 1.57 bits per heavy atom. The monoisotopic (exact) mass is 476 g/mol. The van der Waals surface area contributed by atoms with E-state index in [0.717, 1.165) is 12.8 Å². The van der Waals surface area contributed by atoms with Crippen molar-refractivity contribution < 1.29 is 0 Å². The molecular weight excluding hydrogens is 448 g/mol. The minimum atomic E-state index is 0.0226. The second-order valence-electron chi connectivity index (χ2n) is 11.0. The Balaban J connectivity index is 1.44. The molecule has 2 heterocycles. The predicted molar refractivity (Wildman–Crippen MR) is 156 cm³/mol. The van der Waals surface area contributed by atoms with Crippen LogP contribution in [0.4, 0.5) is 0 Å². The smallest absolute Gasteiger partial charge is 0.0788 e. The quantitative estimate of drug-likeness (QED) is 0.236. The summed E-state index contributed by atoms with van der Waals surface area (Å²) in [4.78, 5) is 0. The van der Waals surface area contributed by atoms with E-state index < -0.39 is 0 Å².